The molecule has 2 heterocycles. The molecule has 0 saturated carbocycles. The standard InChI is InChI=1S/C18H29N3O/c19-17-12-15(13-20-7-3-1-4-8-20)11-16(18(17)22)14-21-9-5-2-6-10-21/h11-12,22H,1-10,13-14,19H2. The predicted molar refractivity (Wildman–Crippen MR) is 90.8 cm³/mol. The average molecular weight is 303 g/mol. The number of nitrogen functional groups attached to an aromatic ring is 1. The molecule has 4 heteroatoms. The number of anilines is 1. The zero-order valence-electron chi connectivity index (χ0n) is 13.6. The van der Waals surface area contributed by atoms with Crippen LogP contribution in [0.3, 0.4) is 0 Å². The van der Waals surface area contributed by atoms with Crippen molar-refractivity contribution in [1.29, 1.82) is 0 Å². The van der Waals surface area contributed by atoms with Crippen LogP contribution in [0.25, 0.3) is 0 Å². The predicted octanol–water partition coefficient (Wildman–Crippen LogP) is 2.95. The van der Waals surface area contributed by atoms with E-state index in [0.717, 1.165) is 31.7 Å². The molecule has 0 radical (unpaired) electrons. The zero-order chi connectivity index (χ0) is 15.4. The van der Waals surface area contributed by atoms with Gasteiger partial charge in [-0.05, 0) is 69.6 Å². The summed E-state index contributed by atoms with van der Waals surface area (Å²) >= 11 is 0. The summed E-state index contributed by atoms with van der Waals surface area (Å²) in [7, 11) is 0. The van der Waals surface area contributed by atoms with Gasteiger partial charge in [-0.25, -0.2) is 0 Å². The number of hydrogen-bond acceptors (Lipinski definition) is 4. The number of aromatic hydroxyl groups is 1. The van der Waals surface area contributed by atoms with E-state index in [-0.39, 0.29) is 5.75 Å². The number of nitrogens with zero attached hydrogens (tertiary/aromatic N) is 2. The van der Waals surface area contributed by atoms with Crippen molar-refractivity contribution in [3.05, 3.63) is 23.3 Å². The summed E-state index contributed by atoms with van der Waals surface area (Å²) in [6.45, 7) is 6.41. The number of benzene rings is 1. The Hall–Kier alpha value is -1.26. The van der Waals surface area contributed by atoms with Gasteiger partial charge in [0.2, 0.25) is 0 Å². The van der Waals surface area contributed by atoms with E-state index in [1.165, 1.54) is 57.2 Å². The molecule has 122 valence electrons. The molecule has 1 aromatic carbocycles. The summed E-state index contributed by atoms with van der Waals surface area (Å²) in [5.74, 6) is 0.285. The highest BCUT2D eigenvalue weighted by Crippen LogP contribution is 2.29. The second kappa shape index (κ2) is 7.34. The molecule has 0 spiro atoms. The maximum absolute atomic E-state index is 10.3. The van der Waals surface area contributed by atoms with Gasteiger partial charge in [0.05, 0.1) is 5.69 Å². The third-order valence-electron chi connectivity index (χ3n) is 4.98. The van der Waals surface area contributed by atoms with Crippen molar-refractivity contribution >= 4 is 5.69 Å². The lowest BCUT2D eigenvalue weighted by Crippen LogP contribution is -2.30. The van der Waals surface area contributed by atoms with Crippen molar-refractivity contribution in [2.24, 2.45) is 0 Å². The van der Waals surface area contributed by atoms with Gasteiger partial charge in [0.25, 0.3) is 0 Å². The monoisotopic (exact) mass is 303 g/mol. The first-order chi connectivity index (χ1) is 10.7. The van der Waals surface area contributed by atoms with E-state index in [9.17, 15) is 5.11 Å². The van der Waals surface area contributed by atoms with Crippen LogP contribution in [-0.4, -0.2) is 41.1 Å². The highest BCUT2D eigenvalue weighted by atomic mass is 16.3. The molecule has 0 unspecified atom stereocenters. The van der Waals surface area contributed by atoms with Gasteiger partial charge in [0, 0.05) is 18.7 Å². The second-order valence-corrected chi connectivity index (χ2v) is 6.87. The van der Waals surface area contributed by atoms with Gasteiger partial charge in [0.15, 0.2) is 0 Å². The fourth-order valence-corrected chi connectivity index (χ4v) is 3.73. The number of hydrogen-bond donors (Lipinski definition) is 2. The highest BCUT2D eigenvalue weighted by Gasteiger charge is 2.16. The van der Waals surface area contributed by atoms with E-state index in [0.29, 0.717) is 5.69 Å². The summed E-state index contributed by atoms with van der Waals surface area (Å²) in [6, 6.07) is 4.11. The van der Waals surface area contributed by atoms with Crippen molar-refractivity contribution in [2.75, 3.05) is 31.9 Å². The first kappa shape index (κ1) is 15.6. The van der Waals surface area contributed by atoms with Crippen LogP contribution >= 0.6 is 0 Å². The molecule has 3 rings (SSSR count). The van der Waals surface area contributed by atoms with Gasteiger partial charge in [-0.15, -0.1) is 0 Å². The van der Waals surface area contributed by atoms with E-state index in [1.54, 1.807) is 0 Å². The normalized spacial score (nSPS) is 21.1. The van der Waals surface area contributed by atoms with Gasteiger partial charge >= 0.3 is 0 Å². The lowest BCUT2D eigenvalue weighted by molar-refractivity contribution is 0.216. The minimum absolute atomic E-state index is 0.285. The third kappa shape index (κ3) is 3.93. The van der Waals surface area contributed by atoms with Crippen LogP contribution in [0, 0.1) is 0 Å². The molecule has 2 fully saturated rings. The highest BCUT2D eigenvalue weighted by molar-refractivity contribution is 5.58. The topological polar surface area (TPSA) is 52.7 Å². The molecule has 3 N–H and O–H groups in total. The SMILES string of the molecule is Nc1cc(CN2CCCCC2)cc(CN2CCCCC2)c1O. The number of phenols is 1. The Labute approximate surface area is 133 Å². The lowest BCUT2D eigenvalue weighted by Gasteiger charge is -2.28. The van der Waals surface area contributed by atoms with Gasteiger partial charge in [-0.3, -0.25) is 9.80 Å². The van der Waals surface area contributed by atoms with E-state index >= 15 is 0 Å². The van der Waals surface area contributed by atoms with Crippen molar-refractivity contribution in [2.45, 2.75) is 51.6 Å². The Morgan fingerprint density at radius 2 is 1.36 bits per heavy atom. The Balaban J connectivity index is 1.70. The Morgan fingerprint density at radius 3 is 1.95 bits per heavy atom. The molecule has 0 aliphatic carbocycles. The fraction of sp³-hybridized carbons (Fsp3) is 0.667. The number of phenolic OH excluding ortho intramolecular Hbond substituents is 1. The minimum atomic E-state index is 0.285. The molecule has 2 saturated heterocycles. The molecular formula is C18H29N3O. The van der Waals surface area contributed by atoms with Gasteiger partial charge in [-0.2, -0.15) is 0 Å². The first-order valence-corrected chi connectivity index (χ1v) is 8.77. The van der Waals surface area contributed by atoms with Crippen LogP contribution in [0.15, 0.2) is 12.1 Å². The van der Waals surface area contributed by atoms with Crippen molar-refractivity contribution in [1.82, 2.24) is 9.80 Å². The van der Waals surface area contributed by atoms with Crippen LogP contribution < -0.4 is 5.73 Å². The molecule has 2 aliphatic heterocycles. The van der Waals surface area contributed by atoms with Gasteiger partial charge in [-0.1, -0.05) is 12.8 Å². The summed E-state index contributed by atoms with van der Waals surface area (Å²) in [5.41, 5.74) is 8.81. The van der Waals surface area contributed by atoms with Gasteiger partial charge in [0.1, 0.15) is 5.75 Å². The van der Waals surface area contributed by atoms with Crippen LogP contribution in [0.1, 0.15) is 49.7 Å². The Kier molecular flexibility index (Phi) is 5.21. The molecule has 0 aromatic heterocycles. The van der Waals surface area contributed by atoms with E-state index in [4.69, 9.17) is 5.73 Å². The average Bonchev–Trinajstić information content (AvgIpc) is 2.54. The number of rotatable bonds is 4. The van der Waals surface area contributed by atoms with Crippen LogP contribution in [-0.2, 0) is 13.1 Å². The molecule has 1 aromatic rings. The first-order valence-electron chi connectivity index (χ1n) is 8.77. The van der Waals surface area contributed by atoms with Crippen molar-refractivity contribution < 1.29 is 5.11 Å². The Morgan fingerprint density at radius 1 is 0.818 bits per heavy atom. The number of piperidine rings is 2. The van der Waals surface area contributed by atoms with E-state index < -0.39 is 0 Å². The second-order valence-electron chi connectivity index (χ2n) is 6.87. The number of nitrogens with two attached hydrogens (primary N) is 1. The van der Waals surface area contributed by atoms with Crippen LogP contribution in [0.2, 0.25) is 0 Å². The molecule has 0 bridgehead atoms. The largest absolute Gasteiger partial charge is 0.505 e. The third-order valence-corrected chi connectivity index (χ3v) is 4.98. The molecular weight excluding hydrogens is 274 g/mol. The van der Waals surface area contributed by atoms with E-state index in [2.05, 4.69) is 15.9 Å². The maximum Gasteiger partial charge on any atom is 0.142 e. The number of likely N-dealkylation sites (tertiary alicyclic amines) is 2. The zero-order valence-corrected chi connectivity index (χ0v) is 13.6. The molecule has 4 nitrogen and oxygen atoms in total. The molecule has 2 aliphatic rings. The molecule has 22 heavy (non-hydrogen) atoms. The summed E-state index contributed by atoms with van der Waals surface area (Å²) in [5, 5.41) is 10.3. The Bertz CT molecular complexity index is 491. The van der Waals surface area contributed by atoms with Crippen LogP contribution in [0.4, 0.5) is 5.69 Å². The summed E-state index contributed by atoms with van der Waals surface area (Å²) in [6.07, 6.45) is 7.82. The van der Waals surface area contributed by atoms with Crippen LogP contribution in [0.5, 0.6) is 5.75 Å². The minimum Gasteiger partial charge on any atom is -0.505 e. The quantitative estimate of drug-likeness (QED) is 0.663. The lowest BCUT2D eigenvalue weighted by atomic mass is 10.0. The van der Waals surface area contributed by atoms with E-state index in [1.807, 2.05) is 6.07 Å². The van der Waals surface area contributed by atoms with Gasteiger partial charge < -0.3 is 10.8 Å². The summed E-state index contributed by atoms with van der Waals surface area (Å²) in [4.78, 5) is 4.93. The maximum atomic E-state index is 10.3. The smallest absolute Gasteiger partial charge is 0.142 e. The molecule has 0 amide bonds. The fourth-order valence-electron chi connectivity index (χ4n) is 3.73. The van der Waals surface area contributed by atoms with Crippen molar-refractivity contribution in [3.63, 3.8) is 0 Å². The van der Waals surface area contributed by atoms with Crippen molar-refractivity contribution in [3.8, 4) is 5.75 Å². The molecule has 0 atom stereocenters. The summed E-state index contributed by atoms with van der Waals surface area (Å²) < 4.78 is 0.